The molecular formula is C36H39Cl2FN2O3. The molecule has 0 saturated carbocycles. The minimum atomic E-state index is -0.281. The first kappa shape index (κ1) is 32.1. The summed E-state index contributed by atoms with van der Waals surface area (Å²) >= 11 is 13.1. The van der Waals surface area contributed by atoms with Gasteiger partial charge in [0.05, 0.1) is 20.3 Å². The number of aldehydes is 1. The van der Waals surface area contributed by atoms with E-state index in [4.69, 9.17) is 32.7 Å². The smallest absolute Gasteiger partial charge is 0.146 e. The molecule has 0 aromatic heterocycles. The third kappa shape index (κ3) is 7.66. The number of anilines is 1. The highest BCUT2D eigenvalue weighted by molar-refractivity contribution is 6.36. The summed E-state index contributed by atoms with van der Waals surface area (Å²) in [5.41, 5.74) is 7.89. The molecule has 1 fully saturated rings. The molecule has 0 bridgehead atoms. The number of allylic oxidation sites excluding steroid dienone is 2. The van der Waals surface area contributed by atoms with Crippen molar-refractivity contribution < 1.29 is 18.7 Å². The summed E-state index contributed by atoms with van der Waals surface area (Å²) in [4.78, 5) is 15.4. The van der Waals surface area contributed by atoms with E-state index in [9.17, 15) is 9.18 Å². The van der Waals surface area contributed by atoms with E-state index in [2.05, 4.69) is 40.1 Å². The molecule has 0 N–H and O–H groups in total. The molecule has 1 heterocycles. The van der Waals surface area contributed by atoms with Crippen LogP contribution in [0.15, 0.2) is 72.5 Å². The van der Waals surface area contributed by atoms with Crippen molar-refractivity contribution >= 4 is 46.3 Å². The van der Waals surface area contributed by atoms with Crippen LogP contribution in [0.5, 0.6) is 5.75 Å². The van der Waals surface area contributed by atoms with E-state index < -0.39 is 0 Å². The number of carbonyl (C=O) groups is 1. The summed E-state index contributed by atoms with van der Waals surface area (Å²) in [5, 5.41) is 1.25. The lowest BCUT2D eigenvalue weighted by atomic mass is 9.87. The molecule has 8 heteroatoms. The Kier molecular flexibility index (Phi) is 11.0. The lowest BCUT2D eigenvalue weighted by Crippen LogP contribution is -2.26. The van der Waals surface area contributed by atoms with Gasteiger partial charge in [-0.2, -0.15) is 0 Å². The lowest BCUT2D eigenvalue weighted by molar-refractivity contribution is -0.104. The maximum absolute atomic E-state index is 12.6. The Labute approximate surface area is 269 Å². The van der Waals surface area contributed by atoms with Crippen molar-refractivity contribution in [2.45, 2.75) is 38.2 Å². The number of nitrogens with zero attached hydrogens (tertiary/aromatic N) is 2. The number of likely N-dealkylation sites (tertiary alicyclic amines) is 1. The van der Waals surface area contributed by atoms with Gasteiger partial charge in [0.15, 0.2) is 0 Å². The van der Waals surface area contributed by atoms with Gasteiger partial charge in [-0.15, -0.1) is 0 Å². The SMILES string of the molecule is CO/C(=C/C=O)CN(C)c1ccc2c(c1)CCCC(c1ccc(Cl)cc1Cl)=C2c1ccc(OC2CCN(CCCF)C2)cc1. The van der Waals surface area contributed by atoms with Crippen LogP contribution in [-0.4, -0.2) is 64.3 Å². The number of hydrogen-bond donors (Lipinski definition) is 0. The van der Waals surface area contributed by atoms with Gasteiger partial charge in [0.25, 0.3) is 0 Å². The summed E-state index contributed by atoms with van der Waals surface area (Å²) in [5.74, 6) is 1.44. The van der Waals surface area contributed by atoms with Crippen LogP contribution in [0.1, 0.15) is 47.9 Å². The Morgan fingerprint density at radius 1 is 1.07 bits per heavy atom. The van der Waals surface area contributed by atoms with Gasteiger partial charge >= 0.3 is 0 Å². The Bertz CT molecular complexity index is 1520. The average Bonchev–Trinajstić information content (AvgIpc) is 3.38. The van der Waals surface area contributed by atoms with Gasteiger partial charge < -0.3 is 14.4 Å². The van der Waals surface area contributed by atoms with E-state index in [-0.39, 0.29) is 12.8 Å². The highest BCUT2D eigenvalue weighted by Gasteiger charge is 2.25. The number of alkyl halides is 1. The fourth-order valence-corrected chi connectivity index (χ4v) is 6.73. The van der Waals surface area contributed by atoms with E-state index in [1.54, 1.807) is 7.11 Å². The number of fused-ring (bicyclic) bond motifs is 1. The number of benzene rings is 3. The molecule has 3 aromatic carbocycles. The van der Waals surface area contributed by atoms with Gasteiger partial charge in [-0.1, -0.05) is 47.5 Å². The molecule has 1 aliphatic carbocycles. The molecule has 232 valence electrons. The number of hydrogen-bond acceptors (Lipinski definition) is 5. The molecule has 1 unspecified atom stereocenters. The Hall–Kier alpha value is -3.32. The summed E-state index contributed by atoms with van der Waals surface area (Å²) < 4.78 is 24.3. The maximum atomic E-state index is 12.6. The molecule has 1 aliphatic heterocycles. The molecule has 2 aliphatic rings. The van der Waals surface area contributed by atoms with Crippen LogP contribution in [0.2, 0.25) is 10.0 Å². The zero-order valence-corrected chi connectivity index (χ0v) is 26.8. The van der Waals surface area contributed by atoms with Crippen molar-refractivity contribution in [2.24, 2.45) is 0 Å². The van der Waals surface area contributed by atoms with E-state index in [1.807, 2.05) is 37.4 Å². The minimum Gasteiger partial charge on any atom is -0.499 e. The normalized spacial score (nSPS) is 17.3. The molecular weight excluding hydrogens is 598 g/mol. The van der Waals surface area contributed by atoms with Crippen LogP contribution in [0.3, 0.4) is 0 Å². The number of likely N-dealkylation sites (N-methyl/N-ethyl adjacent to an activating group) is 1. The minimum absolute atomic E-state index is 0.108. The highest BCUT2D eigenvalue weighted by Crippen LogP contribution is 2.43. The summed E-state index contributed by atoms with van der Waals surface area (Å²) in [6.45, 7) is 2.75. The van der Waals surface area contributed by atoms with Gasteiger partial charge in [-0.25, -0.2) is 0 Å². The second-order valence-electron chi connectivity index (χ2n) is 11.4. The second-order valence-corrected chi connectivity index (χ2v) is 12.2. The highest BCUT2D eigenvalue weighted by atomic mass is 35.5. The van der Waals surface area contributed by atoms with E-state index >= 15 is 0 Å². The van der Waals surface area contributed by atoms with Gasteiger partial charge in [-0.05, 0) is 102 Å². The van der Waals surface area contributed by atoms with Crippen molar-refractivity contribution in [1.82, 2.24) is 4.90 Å². The summed E-state index contributed by atoms with van der Waals surface area (Å²) in [6.07, 6.45) is 6.57. The number of aryl methyl sites for hydroxylation is 1. The maximum Gasteiger partial charge on any atom is 0.146 e. The third-order valence-electron chi connectivity index (χ3n) is 8.42. The molecule has 1 atom stereocenters. The van der Waals surface area contributed by atoms with Gasteiger partial charge in [0, 0.05) is 48.5 Å². The fourth-order valence-electron chi connectivity index (χ4n) is 6.20. The first-order valence-electron chi connectivity index (χ1n) is 15.2. The topological polar surface area (TPSA) is 42.0 Å². The van der Waals surface area contributed by atoms with Crippen LogP contribution in [0.25, 0.3) is 11.1 Å². The third-order valence-corrected chi connectivity index (χ3v) is 8.97. The van der Waals surface area contributed by atoms with E-state index in [0.717, 1.165) is 79.7 Å². The Morgan fingerprint density at radius 3 is 2.59 bits per heavy atom. The van der Waals surface area contributed by atoms with Crippen molar-refractivity contribution in [3.05, 3.63) is 105 Å². The van der Waals surface area contributed by atoms with Crippen LogP contribution >= 0.6 is 23.2 Å². The van der Waals surface area contributed by atoms with Gasteiger partial charge in [0.2, 0.25) is 0 Å². The molecule has 0 radical (unpaired) electrons. The van der Waals surface area contributed by atoms with Crippen molar-refractivity contribution in [1.29, 1.82) is 0 Å². The fraction of sp³-hybridized carbons (Fsp3) is 0.361. The van der Waals surface area contributed by atoms with Crippen LogP contribution in [0.4, 0.5) is 10.1 Å². The standard InChI is InChI=1S/C36H39Cl2FN2O3/c1-40(23-30(43-2)16-20-42)28-10-14-32-26(21-28)5-3-6-34(33-13-9-27(37)22-35(33)38)36(32)25-7-11-29(12-8-25)44-31-15-19-41(24-31)18-4-17-39/h7-14,16,20-22,31H,3-6,15,17-19,23-24H2,1-2H3/b30-16+. The largest absolute Gasteiger partial charge is 0.499 e. The molecule has 0 amide bonds. The van der Waals surface area contributed by atoms with E-state index in [0.29, 0.717) is 28.8 Å². The van der Waals surface area contributed by atoms with Gasteiger partial charge in [-0.3, -0.25) is 14.1 Å². The zero-order chi connectivity index (χ0) is 31.1. The van der Waals surface area contributed by atoms with Crippen LogP contribution in [0, 0.1) is 0 Å². The van der Waals surface area contributed by atoms with Crippen molar-refractivity contribution in [3.63, 3.8) is 0 Å². The molecule has 5 nitrogen and oxygen atoms in total. The Balaban J connectivity index is 1.49. The van der Waals surface area contributed by atoms with Crippen LogP contribution in [-0.2, 0) is 16.0 Å². The summed E-state index contributed by atoms with van der Waals surface area (Å²) in [6, 6.07) is 20.6. The second kappa shape index (κ2) is 15.1. The van der Waals surface area contributed by atoms with E-state index in [1.165, 1.54) is 22.8 Å². The quantitative estimate of drug-likeness (QED) is 0.114. The number of methoxy groups -OCH3 is 1. The first-order valence-corrected chi connectivity index (χ1v) is 15.9. The number of ether oxygens (including phenoxy) is 2. The number of halogens is 3. The predicted octanol–water partition coefficient (Wildman–Crippen LogP) is 8.27. The van der Waals surface area contributed by atoms with Crippen LogP contribution < -0.4 is 9.64 Å². The number of carbonyl (C=O) groups excluding carboxylic acids is 1. The van der Waals surface area contributed by atoms with Crippen molar-refractivity contribution in [3.8, 4) is 5.75 Å². The average molecular weight is 638 g/mol. The zero-order valence-electron chi connectivity index (χ0n) is 25.3. The molecule has 1 saturated heterocycles. The molecule has 3 aromatic rings. The Morgan fingerprint density at radius 2 is 1.86 bits per heavy atom. The van der Waals surface area contributed by atoms with Crippen molar-refractivity contribution in [2.75, 3.05) is 51.9 Å². The van der Waals surface area contributed by atoms with Gasteiger partial charge in [0.1, 0.15) is 23.9 Å². The molecule has 5 rings (SSSR count). The monoisotopic (exact) mass is 636 g/mol. The first-order chi connectivity index (χ1) is 21.4. The lowest BCUT2D eigenvalue weighted by Gasteiger charge is -2.23. The number of rotatable bonds is 12. The predicted molar refractivity (Wildman–Crippen MR) is 179 cm³/mol. The molecule has 44 heavy (non-hydrogen) atoms. The molecule has 0 spiro atoms. The summed E-state index contributed by atoms with van der Waals surface area (Å²) in [7, 11) is 3.57.